The van der Waals surface area contributed by atoms with Gasteiger partial charge in [0.15, 0.2) is 0 Å². The van der Waals surface area contributed by atoms with Crippen molar-refractivity contribution < 1.29 is 9.59 Å². The van der Waals surface area contributed by atoms with Gasteiger partial charge >= 0.3 is 6.03 Å². The van der Waals surface area contributed by atoms with Crippen molar-refractivity contribution in [2.24, 2.45) is 5.92 Å². The van der Waals surface area contributed by atoms with Crippen molar-refractivity contribution in [3.8, 4) is 0 Å². The minimum atomic E-state index is -0.0601. The monoisotopic (exact) mass is 357 g/mol. The minimum Gasteiger partial charge on any atom is -0.349 e. The molecule has 2 fully saturated rings. The molecule has 2 aliphatic rings. The lowest BCUT2D eigenvalue weighted by Crippen LogP contribution is -2.44. The van der Waals surface area contributed by atoms with Crippen molar-refractivity contribution >= 4 is 17.6 Å². The second-order valence-electron chi connectivity index (χ2n) is 8.01. The fraction of sp³-hybridized carbons (Fsp3) is 0.619. The van der Waals surface area contributed by atoms with Crippen molar-refractivity contribution in [2.75, 3.05) is 11.9 Å². The van der Waals surface area contributed by atoms with E-state index < -0.39 is 0 Å². The van der Waals surface area contributed by atoms with E-state index in [0.717, 1.165) is 25.1 Å². The summed E-state index contributed by atoms with van der Waals surface area (Å²) in [6, 6.07) is 7.61. The highest BCUT2D eigenvalue weighted by Crippen LogP contribution is 2.28. The van der Waals surface area contributed by atoms with Gasteiger partial charge in [-0.1, -0.05) is 19.3 Å². The lowest BCUT2D eigenvalue weighted by atomic mass is 9.85. The number of hydrogen-bond acceptors (Lipinski definition) is 2. The summed E-state index contributed by atoms with van der Waals surface area (Å²) in [4.78, 5) is 26.8. The first-order chi connectivity index (χ1) is 12.5. The number of urea groups is 1. The fourth-order valence-corrected chi connectivity index (χ4v) is 3.72. The van der Waals surface area contributed by atoms with Gasteiger partial charge in [-0.05, 0) is 69.7 Å². The number of anilines is 1. The Labute approximate surface area is 156 Å². The van der Waals surface area contributed by atoms with E-state index >= 15 is 0 Å². The fourth-order valence-electron chi connectivity index (χ4n) is 3.72. The third-order valence-electron chi connectivity index (χ3n) is 5.65. The molecule has 0 bridgehead atoms. The van der Waals surface area contributed by atoms with Crippen LogP contribution in [0, 0.1) is 5.92 Å². The number of rotatable bonds is 6. The molecule has 5 nitrogen and oxygen atoms in total. The molecule has 0 aliphatic heterocycles. The van der Waals surface area contributed by atoms with E-state index in [1.54, 1.807) is 12.1 Å². The summed E-state index contributed by atoms with van der Waals surface area (Å²) < 4.78 is 0. The van der Waals surface area contributed by atoms with Gasteiger partial charge in [-0.15, -0.1) is 0 Å². The topological polar surface area (TPSA) is 61.4 Å². The van der Waals surface area contributed by atoms with Crippen LogP contribution in [0.1, 0.15) is 69.2 Å². The first-order valence-electron chi connectivity index (χ1n) is 10.0. The van der Waals surface area contributed by atoms with Crippen molar-refractivity contribution in [3.63, 3.8) is 0 Å². The number of amides is 3. The third-order valence-corrected chi connectivity index (χ3v) is 5.65. The summed E-state index contributed by atoms with van der Waals surface area (Å²) in [7, 11) is 0. The molecule has 1 aromatic rings. The van der Waals surface area contributed by atoms with Crippen LogP contribution >= 0.6 is 0 Å². The van der Waals surface area contributed by atoms with Crippen molar-refractivity contribution in [3.05, 3.63) is 29.8 Å². The lowest BCUT2D eigenvalue weighted by Gasteiger charge is -2.34. The highest BCUT2D eigenvalue weighted by Gasteiger charge is 2.25. The molecule has 2 aliphatic carbocycles. The number of carbonyl (C=O) groups excluding carboxylic acids is 2. The zero-order valence-corrected chi connectivity index (χ0v) is 16.0. The molecule has 2 saturated carbocycles. The van der Waals surface area contributed by atoms with E-state index in [9.17, 15) is 9.59 Å². The van der Waals surface area contributed by atoms with Gasteiger partial charge in [-0.25, -0.2) is 4.79 Å². The van der Waals surface area contributed by atoms with Gasteiger partial charge in [0.25, 0.3) is 5.91 Å². The SMILES string of the molecule is CC(C)N(CC1CCC1)C(=O)Nc1ccc(C(=O)NC2CCCC2)cc1. The molecule has 0 radical (unpaired) electrons. The largest absolute Gasteiger partial charge is 0.349 e. The lowest BCUT2D eigenvalue weighted by molar-refractivity contribution is 0.0938. The first-order valence-corrected chi connectivity index (χ1v) is 10.0. The summed E-state index contributed by atoms with van der Waals surface area (Å²) in [6.45, 7) is 4.93. The Morgan fingerprint density at radius 3 is 2.23 bits per heavy atom. The van der Waals surface area contributed by atoms with Gasteiger partial charge in [0.2, 0.25) is 0 Å². The van der Waals surface area contributed by atoms with Crippen molar-refractivity contribution in [1.29, 1.82) is 0 Å². The van der Waals surface area contributed by atoms with Gasteiger partial charge in [-0.3, -0.25) is 4.79 Å². The van der Waals surface area contributed by atoms with E-state index in [0.29, 0.717) is 17.5 Å². The zero-order chi connectivity index (χ0) is 18.5. The molecular weight excluding hydrogens is 326 g/mol. The van der Waals surface area contributed by atoms with Crippen LogP contribution in [0.3, 0.4) is 0 Å². The highest BCUT2D eigenvalue weighted by molar-refractivity contribution is 5.95. The standard InChI is InChI=1S/C21H31N3O2/c1-15(2)24(14-16-6-5-7-16)21(26)23-19-12-10-17(11-13-19)20(25)22-18-8-3-4-9-18/h10-13,15-16,18H,3-9,14H2,1-2H3,(H,22,25)(H,23,26). The molecule has 0 atom stereocenters. The summed E-state index contributed by atoms with van der Waals surface area (Å²) in [5.41, 5.74) is 1.37. The molecule has 5 heteroatoms. The van der Waals surface area contributed by atoms with Gasteiger partial charge < -0.3 is 15.5 Å². The van der Waals surface area contributed by atoms with Crippen LogP contribution in [0.4, 0.5) is 10.5 Å². The van der Waals surface area contributed by atoms with E-state index in [-0.39, 0.29) is 18.0 Å². The predicted molar refractivity (Wildman–Crippen MR) is 104 cm³/mol. The Bertz CT molecular complexity index is 617. The molecule has 0 unspecified atom stereocenters. The maximum Gasteiger partial charge on any atom is 0.322 e. The third kappa shape index (κ3) is 4.77. The molecule has 0 heterocycles. The molecule has 3 amide bonds. The molecule has 0 aromatic heterocycles. The normalized spacial score (nSPS) is 17.8. The van der Waals surface area contributed by atoms with E-state index in [2.05, 4.69) is 24.5 Å². The second kappa shape index (κ2) is 8.56. The first kappa shape index (κ1) is 18.7. The van der Waals surface area contributed by atoms with Gasteiger partial charge in [0.05, 0.1) is 0 Å². The Balaban J connectivity index is 1.55. The van der Waals surface area contributed by atoms with Gasteiger partial charge in [-0.2, -0.15) is 0 Å². The van der Waals surface area contributed by atoms with Crippen LogP contribution < -0.4 is 10.6 Å². The Morgan fingerprint density at radius 2 is 1.69 bits per heavy atom. The Hall–Kier alpha value is -2.04. The molecule has 26 heavy (non-hydrogen) atoms. The average molecular weight is 357 g/mol. The van der Waals surface area contributed by atoms with Crippen LogP contribution in [-0.2, 0) is 0 Å². The highest BCUT2D eigenvalue weighted by atomic mass is 16.2. The number of nitrogens with one attached hydrogen (secondary N) is 2. The number of benzene rings is 1. The molecule has 0 saturated heterocycles. The predicted octanol–water partition coefficient (Wildman–Crippen LogP) is 4.40. The minimum absolute atomic E-state index is 0.0245. The molecule has 1 aromatic carbocycles. The van der Waals surface area contributed by atoms with Gasteiger partial charge in [0, 0.05) is 29.9 Å². The summed E-state index contributed by atoms with van der Waals surface area (Å²) in [5, 5.41) is 6.06. The van der Waals surface area contributed by atoms with Crippen LogP contribution in [0.2, 0.25) is 0 Å². The maximum atomic E-state index is 12.6. The summed E-state index contributed by atoms with van der Waals surface area (Å²) >= 11 is 0. The zero-order valence-electron chi connectivity index (χ0n) is 16.0. The van der Waals surface area contributed by atoms with E-state index in [4.69, 9.17) is 0 Å². The molecule has 0 spiro atoms. The van der Waals surface area contributed by atoms with E-state index in [1.165, 1.54) is 32.1 Å². The van der Waals surface area contributed by atoms with Crippen LogP contribution in [-0.4, -0.2) is 35.5 Å². The van der Waals surface area contributed by atoms with Gasteiger partial charge in [0.1, 0.15) is 0 Å². The second-order valence-corrected chi connectivity index (χ2v) is 8.01. The summed E-state index contributed by atoms with van der Waals surface area (Å²) in [6.07, 6.45) is 8.27. The van der Waals surface area contributed by atoms with Crippen LogP contribution in [0.25, 0.3) is 0 Å². The average Bonchev–Trinajstić information content (AvgIpc) is 3.06. The van der Waals surface area contributed by atoms with E-state index in [1.807, 2.05) is 17.0 Å². The Morgan fingerprint density at radius 1 is 1.04 bits per heavy atom. The van der Waals surface area contributed by atoms with Crippen molar-refractivity contribution in [1.82, 2.24) is 10.2 Å². The maximum absolute atomic E-state index is 12.6. The smallest absolute Gasteiger partial charge is 0.322 e. The molecular formula is C21H31N3O2. The summed E-state index contributed by atoms with van der Waals surface area (Å²) in [5.74, 6) is 0.619. The Kier molecular flexibility index (Phi) is 6.17. The van der Waals surface area contributed by atoms with Crippen LogP contribution in [0.15, 0.2) is 24.3 Å². The molecule has 2 N–H and O–H groups in total. The number of hydrogen-bond donors (Lipinski definition) is 2. The van der Waals surface area contributed by atoms with Crippen LogP contribution in [0.5, 0.6) is 0 Å². The number of nitrogens with zero attached hydrogens (tertiary/aromatic N) is 1. The van der Waals surface area contributed by atoms with Crippen molar-refractivity contribution in [2.45, 2.75) is 70.9 Å². The number of carbonyl (C=O) groups is 2. The molecule has 142 valence electrons. The quantitative estimate of drug-likeness (QED) is 0.792. The molecule has 3 rings (SSSR count).